The number of halogens is 7. The Kier molecular flexibility index (Phi) is 3.74. The van der Waals surface area contributed by atoms with E-state index in [1.165, 1.54) is 6.92 Å². The second-order valence-corrected chi connectivity index (χ2v) is 5.98. The molecule has 1 aliphatic rings. The summed E-state index contributed by atoms with van der Waals surface area (Å²) < 4.78 is 111. The fraction of sp³-hybridized carbons (Fsp3) is 0.333. The summed E-state index contributed by atoms with van der Waals surface area (Å²) in [6.07, 6.45) is -15.1. The van der Waals surface area contributed by atoms with Crippen LogP contribution in [0.5, 0.6) is 11.5 Å². The maximum atomic E-state index is 13.4. The van der Waals surface area contributed by atoms with Crippen LogP contribution < -0.4 is 15.3 Å². The molecule has 0 N–H and O–H groups in total. The number of aromatic nitrogens is 2. The molecule has 0 bridgehead atoms. The van der Waals surface area contributed by atoms with Gasteiger partial charge in [-0.05, 0) is 6.92 Å². The lowest BCUT2D eigenvalue weighted by Gasteiger charge is -2.31. The molecule has 4 rings (SSSR count). The summed E-state index contributed by atoms with van der Waals surface area (Å²) in [5, 5.41) is 0. The highest BCUT2D eigenvalue weighted by Crippen LogP contribution is 2.48. The fourth-order valence-corrected chi connectivity index (χ4v) is 2.73. The quantitative estimate of drug-likeness (QED) is 0.576. The molecule has 7 nitrogen and oxygen atoms in total. The first-order valence-electron chi connectivity index (χ1n) is 7.63. The molecular formula is C15H7F7N2O5. The number of hydrogen-bond acceptors (Lipinski definition) is 6. The molecule has 156 valence electrons. The third kappa shape index (κ3) is 2.98. The van der Waals surface area contributed by atoms with E-state index >= 15 is 0 Å². The van der Waals surface area contributed by atoms with Crippen molar-refractivity contribution in [3.63, 3.8) is 0 Å². The van der Waals surface area contributed by atoms with Gasteiger partial charge in [0, 0.05) is 12.1 Å². The lowest BCUT2D eigenvalue weighted by atomic mass is 10.2. The smallest absolute Gasteiger partial charge is 0.421 e. The van der Waals surface area contributed by atoms with Gasteiger partial charge in [0.25, 0.3) is 0 Å². The molecule has 0 atom stereocenters. The van der Waals surface area contributed by atoms with Crippen molar-refractivity contribution in [1.29, 1.82) is 0 Å². The lowest BCUT2D eigenvalue weighted by molar-refractivity contribution is -0.391. The van der Waals surface area contributed by atoms with Gasteiger partial charge in [0.2, 0.25) is 5.82 Å². The molecule has 3 aromatic rings. The number of imidazole rings is 1. The number of hydrogen-bond donors (Lipinski definition) is 0. The zero-order valence-electron chi connectivity index (χ0n) is 13.9. The first kappa shape index (κ1) is 19.1. The average molecular weight is 428 g/mol. The molecule has 3 heterocycles. The first-order chi connectivity index (χ1) is 13.3. The second-order valence-electron chi connectivity index (χ2n) is 5.98. The van der Waals surface area contributed by atoms with E-state index < -0.39 is 59.1 Å². The summed E-state index contributed by atoms with van der Waals surface area (Å²) in [7, 11) is 0. The van der Waals surface area contributed by atoms with Crippen molar-refractivity contribution in [1.82, 2.24) is 9.55 Å². The Morgan fingerprint density at radius 1 is 1.03 bits per heavy atom. The molecule has 14 heteroatoms. The molecule has 1 aromatic carbocycles. The van der Waals surface area contributed by atoms with E-state index in [2.05, 4.69) is 23.3 Å². The molecule has 0 saturated heterocycles. The van der Waals surface area contributed by atoms with Crippen molar-refractivity contribution in [3.8, 4) is 11.5 Å². The van der Waals surface area contributed by atoms with Crippen LogP contribution in [0.25, 0.3) is 11.0 Å². The summed E-state index contributed by atoms with van der Waals surface area (Å²) in [4.78, 5) is 14.5. The molecule has 0 saturated carbocycles. The molecule has 0 spiro atoms. The van der Waals surface area contributed by atoms with Gasteiger partial charge in [-0.2, -0.15) is 30.7 Å². The minimum atomic E-state index is -5.06. The Morgan fingerprint density at radius 2 is 1.62 bits per heavy atom. The Balaban J connectivity index is 1.92. The zero-order chi connectivity index (χ0) is 21.4. The fourth-order valence-electron chi connectivity index (χ4n) is 2.73. The zero-order valence-corrected chi connectivity index (χ0v) is 13.9. The minimum absolute atomic E-state index is 0.117. The monoisotopic (exact) mass is 428 g/mol. The summed E-state index contributed by atoms with van der Waals surface area (Å²) in [5.74, 6) is -4.91. The number of nitrogens with zero attached hydrogens (tertiary/aromatic N) is 2. The molecule has 1 aliphatic heterocycles. The third-order valence-corrected chi connectivity index (χ3v) is 4.02. The number of rotatable bonds is 2. The van der Waals surface area contributed by atoms with Gasteiger partial charge >= 0.3 is 24.2 Å². The third-order valence-electron chi connectivity index (χ3n) is 4.02. The summed E-state index contributed by atoms with van der Waals surface area (Å²) in [6.45, 7) is 0.545. The van der Waals surface area contributed by atoms with E-state index in [0.717, 1.165) is 0 Å². The van der Waals surface area contributed by atoms with Crippen molar-refractivity contribution in [2.45, 2.75) is 31.9 Å². The van der Waals surface area contributed by atoms with Crippen LogP contribution in [0.3, 0.4) is 0 Å². The normalized spacial score (nSPS) is 17.7. The minimum Gasteiger partial charge on any atom is -0.421 e. The number of alkyl halides is 7. The van der Waals surface area contributed by atoms with E-state index in [4.69, 9.17) is 0 Å². The highest BCUT2D eigenvalue weighted by atomic mass is 19.4. The largest absolute Gasteiger partial charge is 0.519 e. The first-order valence-corrected chi connectivity index (χ1v) is 7.63. The maximum absolute atomic E-state index is 13.4. The van der Waals surface area contributed by atoms with E-state index in [0.29, 0.717) is 16.7 Å². The van der Waals surface area contributed by atoms with E-state index in [1.807, 2.05) is 0 Å². The van der Waals surface area contributed by atoms with Gasteiger partial charge in [-0.15, -0.1) is 0 Å². The van der Waals surface area contributed by atoms with Crippen LogP contribution in [0, 0.1) is 6.92 Å². The van der Waals surface area contributed by atoms with Crippen molar-refractivity contribution in [3.05, 3.63) is 40.1 Å². The number of ether oxygens (including phenoxy) is 2. The summed E-state index contributed by atoms with van der Waals surface area (Å²) >= 11 is 0. The van der Waals surface area contributed by atoms with Crippen LogP contribution in [0.15, 0.2) is 25.8 Å². The van der Waals surface area contributed by atoms with Crippen molar-refractivity contribution in [2.24, 2.45) is 0 Å². The molecule has 2 aromatic heterocycles. The molecule has 29 heavy (non-hydrogen) atoms. The molecule has 0 radical (unpaired) electrons. The average Bonchev–Trinajstić information content (AvgIpc) is 3.06. The predicted octanol–water partition coefficient (Wildman–Crippen LogP) is 3.91. The maximum Gasteiger partial charge on any atom is 0.519 e. The van der Waals surface area contributed by atoms with Gasteiger partial charge in [-0.1, -0.05) is 0 Å². The van der Waals surface area contributed by atoms with Gasteiger partial charge in [0.1, 0.15) is 5.76 Å². The Bertz CT molecular complexity index is 1170. The van der Waals surface area contributed by atoms with Gasteiger partial charge in [-0.25, -0.2) is 9.78 Å². The number of benzene rings is 1. The van der Waals surface area contributed by atoms with Gasteiger partial charge in [-0.3, -0.25) is 0 Å². The van der Waals surface area contributed by atoms with Crippen LogP contribution in [0.4, 0.5) is 30.7 Å². The SMILES string of the molecule is Cc1oc(=O)oc1Cn1c(C(F)(F)F)nc2cc3c(cc21)OC(F)(F)C(F)(F)O3. The molecule has 0 amide bonds. The predicted molar refractivity (Wildman–Crippen MR) is 77.0 cm³/mol. The standard InChI is InChI=1S/C15H7F7N2O5/c1-5-10(27-12(25)26-5)4-24-7-3-9-8(28-14(19,20)15(21,22)29-9)2-6(7)23-11(24)13(16,17)18/h2-3H,4H2,1H3. The van der Waals surface area contributed by atoms with Gasteiger partial charge in [0.05, 0.1) is 17.6 Å². The highest BCUT2D eigenvalue weighted by Gasteiger charge is 2.66. The number of aryl methyl sites for hydroxylation is 1. The molecular weight excluding hydrogens is 421 g/mol. The Morgan fingerprint density at radius 3 is 2.14 bits per heavy atom. The van der Waals surface area contributed by atoms with Crippen LogP contribution >= 0.6 is 0 Å². The Labute approximate surface area is 154 Å². The van der Waals surface area contributed by atoms with Crippen molar-refractivity contribution < 1.29 is 49.0 Å². The summed E-state index contributed by atoms with van der Waals surface area (Å²) in [5.41, 5.74) is -0.909. The second kappa shape index (κ2) is 5.67. The lowest BCUT2D eigenvalue weighted by Crippen LogP contribution is -2.52. The van der Waals surface area contributed by atoms with Gasteiger partial charge in [0.15, 0.2) is 17.3 Å². The van der Waals surface area contributed by atoms with Crippen molar-refractivity contribution in [2.75, 3.05) is 0 Å². The summed E-state index contributed by atoms with van der Waals surface area (Å²) in [6, 6.07) is 1.25. The highest BCUT2D eigenvalue weighted by molar-refractivity contribution is 5.81. The molecule has 0 aliphatic carbocycles. The molecule has 0 fully saturated rings. The van der Waals surface area contributed by atoms with Gasteiger partial charge < -0.3 is 22.9 Å². The van der Waals surface area contributed by atoms with Crippen LogP contribution in [0.1, 0.15) is 17.3 Å². The van der Waals surface area contributed by atoms with E-state index in [-0.39, 0.29) is 11.5 Å². The van der Waals surface area contributed by atoms with E-state index in [1.54, 1.807) is 0 Å². The molecule has 0 unspecified atom stereocenters. The topological polar surface area (TPSA) is 79.6 Å². The number of fused-ring (bicyclic) bond motifs is 2. The van der Waals surface area contributed by atoms with Crippen molar-refractivity contribution >= 4 is 11.0 Å². The van der Waals surface area contributed by atoms with Crippen LogP contribution in [-0.2, 0) is 12.7 Å². The van der Waals surface area contributed by atoms with E-state index in [9.17, 15) is 35.5 Å². The van der Waals surface area contributed by atoms with Crippen LogP contribution in [-0.4, -0.2) is 21.8 Å². The Hall–Kier alpha value is -3.19. The van der Waals surface area contributed by atoms with Crippen LogP contribution in [0.2, 0.25) is 0 Å².